The molecule has 0 radical (unpaired) electrons. The lowest BCUT2D eigenvalue weighted by Gasteiger charge is -2.29. The van der Waals surface area contributed by atoms with Gasteiger partial charge in [-0.2, -0.15) is 17.0 Å². The number of hydrogen-bond donors (Lipinski definition) is 1. The predicted molar refractivity (Wildman–Crippen MR) is 111 cm³/mol. The van der Waals surface area contributed by atoms with Gasteiger partial charge in [-0.25, -0.2) is 13.1 Å². The summed E-state index contributed by atoms with van der Waals surface area (Å²) in [4.78, 5) is 1.14. The largest absolute Gasteiger partial charge is 0.400 e. The molecule has 0 atom stereocenters. The summed E-state index contributed by atoms with van der Waals surface area (Å²) in [7, 11) is -4.97. The molecule has 0 amide bonds. The lowest BCUT2D eigenvalue weighted by molar-refractivity contribution is -0.757. The zero-order valence-electron chi connectivity index (χ0n) is 15.8. The Hall–Kier alpha value is -1.35. The third-order valence-electron chi connectivity index (χ3n) is 4.27. The van der Waals surface area contributed by atoms with E-state index < -0.39 is 20.2 Å². The van der Waals surface area contributed by atoms with Crippen molar-refractivity contribution in [1.29, 1.82) is 0 Å². The quantitative estimate of drug-likeness (QED) is 0.559. The molecule has 3 rings (SSSR count). The smallest absolute Gasteiger partial charge is 0.277 e. The van der Waals surface area contributed by atoms with Gasteiger partial charge in [0, 0.05) is 43.8 Å². The zero-order chi connectivity index (χ0) is 22.3. The van der Waals surface area contributed by atoms with Crippen LogP contribution in [-0.4, -0.2) is 71.0 Å². The van der Waals surface area contributed by atoms with Crippen LogP contribution in [0.4, 0.5) is 5.88 Å². The Labute approximate surface area is 188 Å². The fourth-order valence-corrected chi connectivity index (χ4v) is 5.61. The van der Waals surface area contributed by atoms with Crippen LogP contribution >= 0.6 is 34.8 Å². The number of halogens is 3. The molecule has 0 spiro atoms. The van der Waals surface area contributed by atoms with Crippen molar-refractivity contribution in [3.8, 4) is 0 Å². The van der Waals surface area contributed by atoms with E-state index in [0.29, 0.717) is 5.02 Å². The molecule has 11 nitrogen and oxygen atoms in total. The highest BCUT2D eigenvalue weighted by molar-refractivity contribution is 7.90. The molecule has 1 aliphatic heterocycles. The second-order valence-corrected chi connectivity index (χ2v) is 11.4. The van der Waals surface area contributed by atoms with Crippen LogP contribution < -0.4 is 14.5 Å². The summed E-state index contributed by atoms with van der Waals surface area (Å²) in [6.07, 6.45) is 0. The standard InChI is InChI=1S/C14H18Cl3N6O5S2/c1-20(2)30(26,27)18-14-13(17)23(19-28-14)21-5-7-22(8-6-21)29(24,25)12-4-3-10(15)9-11(12)16/h3-4,9,18H,5-8H2,1-2H3/q+1. The maximum atomic E-state index is 12.9. The molecule has 2 heterocycles. The summed E-state index contributed by atoms with van der Waals surface area (Å²) in [5.74, 6) is -0.256. The average Bonchev–Trinajstić information content (AvgIpc) is 3.01. The van der Waals surface area contributed by atoms with Crippen molar-refractivity contribution in [2.45, 2.75) is 4.90 Å². The molecule has 1 saturated heterocycles. The lowest BCUT2D eigenvalue weighted by Crippen LogP contribution is -2.66. The number of piperazine rings is 1. The molecule has 0 unspecified atom stereocenters. The summed E-state index contributed by atoms with van der Waals surface area (Å²) < 4.78 is 59.0. The molecular weight excluding hydrogens is 503 g/mol. The van der Waals surface area contributed by atoms with E-state index in [2.05, 4.69) is 9.99 Å². The van der Waals surface area contributed by atoms with E-state index in [1.807, 2.05) is 0 Å². The van der Waals surface area contributed by atoms with Crippen LogP contribution in [0.3, 0.4) is 0 Å². The summed E-state index contributed by atoms with van der Waals surface area (Å²) in [5.41, 5.74) is 0. The highest BCUT2D eigenvalue weighted by Crippen LogP contribution is 2.28. The fourth-order valence-electron chi connectivity index (χ4n) is 2.62. The fraction of sp³-hybridized carbons (Fsp3) is 0.429. The van der Waals surface area contributed by atoms with Crippen LogP contribution in [0.15, 0.2) is 27.6 Å². The Kier molecular flexibility index (Phi) is 6.72. The Morgan fingerprint density at radius 2 is 1.73 bits per heavy atom. The predicted octanol–water partition coefficient (Wildman–Crippen LogP) is 0.783. The first-order valence-electron chi connectivity index (χ1n) is 8.41. The van der Waals surface area contributed by atoms with Crippen LogP contribution in [0.25, 0.3) is 0 Å². The van der Waals surface area contributed by atoms with Crippen LogP contribution in [0, 0.1) is 0 Å². The van der Waals surface area contributed by atoms with Gasteiger partial charge in [-0.05, 0) is 18.2 Å². The van der Waals surface area contributed by atoms with Crippen molar-refractivity contribution in [1.82, 2.24) is 13.9 Å². The van der Waals surface area contributed by atoms with Crippen LogP contribution in [0.2, 0.25) is 15.2 Å². The van der Waals surface area contributed by atoms with E-state index in [1.165, 1.54) is 41.4 Å². The molecule has 1 aromatic heterocycles. The van der Waals surface area contributed by atoms with E-state index in [0.717, 1.165) is 4.31 Å². The van der Waals surface area contributed by atoms with Crippen molar-refractivity contribution in [3.63, 3.8) is 0 Å². The maximum absolute atomic E-state index is 12.9. The van der Waals surface area contributed by atoms with Crippen LogP contribution in [-0.2, 0) is 20.2 Å². The van der Waals surface area contributed by atoms with Crippen molar-refractivity contribution in [3.05, 3.63) is 33.4 Å². The number of sulfonamides is 1. The third-order valence-corrected chi connectivity index (χ3v) is 8.61. The molecule has 0 saturated carbocycles. The molecule has 1 fully saturated rings. The SMILES string of the molecule is CN(C)S(=O)(=O)Nc1on[n+](N2CCN(S(=O)(=O)c3ccc(Cl)cc3Cl)CC2)c1Cl. The number of anilines is 1. The van der Waals surface area contributed by atoms with Gasteiger partial charge in [-0.15, -0.1) is 5.01 Å². The highest BCUT2D eigenvalue weighted by atomic mass is 35.5. The van der Waals surface area contributed by atoms with Gasteiger partial charge in [0.25, 0.3) is 0 Å². The van der Waals surface area contributed by atoms with E-state index in [1.54, 1.807) is 5.01 Å². The average molecular weight is 521 g/mol. The van der Waals surface area contributed by atoms with Gasteiger partial charge < -0.3 is 0 Å². The van der Waals surface area contributed by atoms with E-state index in [-0.39, 0.29) is 47.1 Å². The third kappa shape index (κ3) is 4.61. The minimum atomic E-state index is -3.83. The minimum Gasteiger partial charge on any atom is -0.277 e. The second-order valence-electron chi connectivity index (χ2n) is 6.40. The van der Waals surface area contributed by atoms with Gasteiger partial charge >= 0.3 is 21.2 Å². The number of nitrogens with zero attached hydrogens (tertiary/aromatic N) is 5. The Bertz CT molecular complexity index is 1150. The number of aromatic nitrogens is 2. The van der Waals surface area contributed by atoms with Crippen molar-refractivity contribution in [2.24, 2.45) is 0 Å². The molecule has 1 aliphatic rings. The molecule has 0 aliphatic carbocycles. The first-order chi connectivity index (χ1) is 13.9. The normalized spacial score (nSPS) is 16.3. The van der Waals surface area contributed by atoms with E-state index in [9.17, 15) is 16.8 Å². The Morgan fingerprint density at radius 3 is 2.30 bits per heavy atom. The number of benzene rings is 1. The Morgan fingerprint density at radius 1 is 1.10 bits per heavy atom. The van der Waals surface area contributed by atoms with E-state index >= 15 is 0 Å². The summed E-state index contributed by atoms with van der Waals surface area (Å²) >= 11 is 18.1. The van der Waals surface area contributed by atoms with Crippen molar-refractivity contribution >= 4 is 60.9 Å². The summed E-state index contributed by atoms with van der Waals surface area (Å²) in [6.45, 7) is 0.689. The topological polar surface area (TPSA) is 120 Å². The summed E-state index contributed by atoms with van der Waals surface area (Å²) in [5, 5.41) is 5.63. The lowest BCUT2D eigenvalue weighted by atomic mass is 10.4. The minimum absolute atomic E-state index is 0.0329. The molecule has 1 aromatic carbocycles. The van der Waals surface area contributed by atoms with Gasteiger partial charge in [0.2, 0.25) is 15.3 Å². The van der Waals surface area contributed by atoms with Gasteiger partial charge in [-0.3, -0.25) is 4.52 Å². The molecule has 1 N–H and O–H groups in total. The van der Waals surface area contributed by atoms with Crippen molar-refractivity contribution < 1.29 is 26.1 Å². The van der Waals surface area contributed by atoms with Crippen molar-refractivity contribution in [2.75, 3.05) is 50.0 Å². The molecule has 166 valence electrons. The zero-order valence-corrected chi connectivity index (χ0v) is 19.7. The molecule has 30 heavy (non-hydrogen) atoms. The number of hydrogen-bond acceptors (Lipinski definition) is 7. The molecule has 0 bridgehead atoms. The van der Waals surface area contributed by atoms with Gasteiger partial charge in [0.15, 0.2) is 0 Å². The molecule has 2 aromatic rings. The van der Waals surface area contributed by atoms with Crippen LogP contribution in [0.1, 0.15) is 0 Å². The van der Waals surface area contributed by atoms with Gasteiger partial charge in [-0.1, -0.05) is 23.2 Å². The monoisotopic (exact) mass is 519 g/mol. The Balaban J connectivity index is 1.73. The second kappa shape index (κ2) is 8.65. The molecular formula is C14H18Cl3N6O5S2+. The molecule has 16 heteroatoms. The number of nitrogens with one attached hydrogen (secondary N) is 1. The highest BCUT2D eigenvalue weighted by Gasteiger charge is 2.37. The maximum Gasteiger partial charge on any atom is 0.400 e. The van der Waals surface area contributed by atoms with E-state index in [4.69, 9.17) is 39.3 Å². The van der Waals surface area contributed by atoms with Gasteiger partial charge in [0.05, 0.1) is 22.9 Å². The van der Waals surface area contributed by atoms with Crippen LogP contribution in [0.5, 0.6) is 0 Å². The first-order valence-corrected chi connectivity index (χ1v) is 12.4. The first kappa shape index (κ1) is 23.3. The van der Waals surface area contributed by atoms with Gasteiger partial charge in [0.1, 0.15) is 4.90 Å². The summed E-state index contributed by atoms with van der Waals surface area (Å²) in [6, 6.07) is 4.18. The number of rotatable bonds is 6.